The number of nitrogens with one attached hydrogen (secondary N) is 1. The zero-order valence-electron chi connectivity index (χ0n) is 11.5. The predicted octanol–water partition coefficient (Wildman–Crippen LogP) is 2.82. The molecule has 0 aliphatic rings. The number of nitrogens with zero attached hydrogens (tertiary/aromatic N) is 1. The van der Waals surface area contributed by atoms with Crippen molar-refractivity contribution in [1.82, 2.24) is 0 Å². The van der Waals surface area contributed by atoms with E-state index >= 15 is 0 Å². The van der Waals surface area contributed by atoms with Crippen molar-refractivity contribution < 1.29 is 14.5 Å². The summed E-state index contributed by atoms with van der Waals surface area (Å²) in [5.41, 5.74) is 1.40. The number of para-hydroxylation sites is 1. The SMILES string of the molecule is CCNc1c(CSCC(=O)OCC)cccc1[N+](=O)[O-]. The molecule has 0 amide bonds. The molecule has 0 bridgehead atoms. The van der Waals surface area contributed by atoms with Crippen molar-refractivity contribution in [3.63, 3.8) is 0 Å². The van der Waals surface area contributed by atoms with Crippen LogP contribution in [0.1, 0.15) is 19.4 Å². The first-order chi connectivity index (χ1) is 9.60. The van der Waals surface area contributed by atoms with Crippen LogP contribution in [0, 0.1) is 10.1 Å². The molecule has 1 rings (SSSR count). The van der Waals surface area contributed by atoms with Gasteiger partial charge in [-0.05, 0) is 19.4 Å². The summed E-state index contributed by atoms with van der Waals surface area (Å²) in [7, 11) is 0. The third-order valence-electron chi connectivity index (χ3n) is 2.46. The molecule has 0 saturated carbocycles. The topological polar surface area (TPSA) is 81.5 Å². The van der Waals surface area contributed by atoms with Crippen LogP contribution in [0.4, 0.5) is 11.4 Å². The molecule has 0 unspecified atom stereocenters. The van der Waals surface area contributed by atoms with Gasteiger partial charge in [0, 0.05) is 18.4 Å². The Labute approximate surface area is 122 Å². The Morgan fingerprint density at radius 2 is 2.20 bits per heavy atom. The number of nitro benzene ring substituents is 1. The first kappa shape index (κ1) is 16.3. The maximum absolute atomic E-state index is 11.3. The fraction of sp³-hybridized carbons (Fsp3) is 0.462. The number of benzene rings is 1. The second-order valence-electron chi connectivity index (χ2n) is 3.90. The first-order valence-electron chi connectivity index (χ1n) is 6.33. The fourth-order valence-electron chi connectivity index (χ4n) is 1.69. The summed E-state index contributed by atoms with van der Waals surface area (Å²) >= 11 is 1.38. The first-order valence-corrected chi connectivity index (χ1v) is 7.49. The molecule has 0 aliphatic heterocycles. The van der Waals surface area contributed by atoms with Gasteiger partial charge in [-0.1, -0.05) is 12.1 Å². The lowest BCUT2D eigenvalue weighted by molar-refractivity contribution is -0.384. The minimum absolute atomic E-state index is 0.0566. The Kier molecular flexibility index (Phi) is 6.86. The van der Waals surface area contributed by atoms with E-state index < -0.39 is 4.92 Å². The van der Waals surface area contributed by atoms with Crippen molar-refractivity contribution in [3.8, 4) is 0 Å². The molecule has 7 heteroatoms. The lowest BCUT2D eigenvalue weighted by Crippen LogP contribution is -2.08. The van der Waals surface area contributed by atoms with Crippen LogP contribution >= 0.6 is 11.8 Å². The lowest BCUT2D eigenvalue weighted by Gasteiger charge is -2.10. The van der Waals surface area contributed by atoms with Gasteiger partial charge in [0.25, 0.3) is 5.69 Å². The molecular weight excluding hydrogens is 280 g/mol. The minimum atomic E-state index is -0.405. The summed E-state index contributed by atoms with van der Waals surface area (Å²) in [6, 6.07) is 4.94. The molecule has 0 radical (unpaired) electrons. The number of thioether (sulfide) groups is 1. The fourth-order valence-corrected chi connectivity index (χ4v) is 2.50. The Morgan fingerprint density at radius 3 is 2.80 bits per heavy atom. The van der Waals surface area contributed by atoms with E-state index in [-0.39, 0.29) is 17.4 Å². The molecule has 0 spiro atoms. The van der Waals surface area contributed by atoms with Crippen molar-refractivity contribution in [2.75, 3.05) is 24.2 Å². The van der Waals surface area contributed by atoms with Gasteiger partial charge in [-0.3, -0.25) is 14.9 Å². The van der Waals surface area contributed by atoms with Gasteiger partial charge in [-0.2, -0.15) is 0 Å². The number of hydrogen-bond acceptors (Lipinski definition) is 6. The third-order valence-corrected chi connectivity index (χ3v) is 3.42. The molecule has 6 nitrogen and oxygen atoms in total. The smallest absolute Gasteiger partial charge is 0.315 e. The van der Waals surface area contributed by atoms with Crippen molar-refractivity contribution in [3.05, 3.63) is 33.9 Å². The summed E-state index contributed by atoms with van der Waals surface area (Å²) in [6.07, 6.45) is 0. The summed E-state index contributed by atoms with van der Waals surface area (Å²) in [6.45, 7) is 4.60. The van der Waals surface area contributed by atoms with Crippen LogP contribution in [-0.4, -0.2) is 29.8 Å². The highest BCUT2D eigenvalue weighted by Crippen LogP contribution is 2.30. The predicted molar refractivity (Wildman–Crippen MR) is 80.1 cm³/mol. The van der Waals surface area contributed by atoms with Crippen LogP contribution in [0.15, 0.2) is 18.2 Å². The second-order valence-corrected chi connectivity index (χ2v) is 4.88. The summed E-state index contributed by atoms with van der Waals surface area (Å²) in [5, 5.41) is 14.0. The monoisotopic (exact) mass is 298 g/mol. The molecule has 0 heterocycles. The number of carbonyl (C=O) groups is 1. The van der Waals surface area contributed by atoms with Gasteiger partial charge in [0.05, 0.1) is 17.3 Å². The molecule has 0 atom stereocenters. The van der Waals surface area contributed by atoms with Crippen LogP contribution < -0.4 is 5.32 Å². The molecule has 1 aromatic rings. The van der Waals surface area contributed by atoms with Crippen molar-refractivity contribution in [1.29, 1.82) is 0 Å². The molecular formula is C13H18N2O4S. The third kappa shape index (κ3) is 4.73. The quantitative estimate of drug-likeness (QED) is 0.451. The molecule has 1 N–H and O–H groups in total. The van der Waals surface area contributed by atoms with E-state index in [4.69, 9.17) is 4.74 Å². The lowest BCUT2D eigenvalue weighted by atomic mass is 10.1. The maximum Gasteiger partial charge on any atom is 0.315 e. The van der Waals surface area contributed by atoms with E-state index in [0.29, 0.717) is 24.6 Å². The average molecular weight is 298 g/mol. The Hall–Kier alpha value is -1.76. The maximum atomic E-state index is 11.3. The number of ether oxygens (including phenoxy) is 1. The van der Waals surface area contributed by atoms with Crippen LogP contribution in [-0.2, 0) is 15.3 Å². The van der Waals surface area contributed by atoms with E-state index in [0.717, 1.165) is 5.56 Å². The molecule has 0 aliphatic carbocycles. The van der Waals surface area contributed by atoms with Gasteiger partial charge in [0.1, 0.15) is 5.69 Å². The number of hydrogen-bond donors (Lipinski definition) is 1. The summed E-state index contributed by atoms with van der Waals surface area (Å²) < 4.78 is 4.84. The van der Waals surface area contributed by atoms with Crippen LogP contribution in [0.5, 0.6) is 0 Å². The highest BCUT2D eigenvalue weighted by molar-refractivity contribution is 7.99. The number of carbonyl (C=O) groups excluding carboxylic acids is 1. The van der Waals surface area contributed by atoms with Crippen molar-refractivity contribution >= 4 is 29.1 Å². The normalized spacial score (nSPS) is 10.1. The highest BCUT2D eigenvalue weighted by atomic mass is 32.2. The molecule has 0 saturated heterocycles. The summed E-state index contributed by atoms with van der Waals surface area (Å²) in [5.74, 6) is 0.484. The number of esters is 1. The van der Waals surface area contributed by atoms with E-state index in [9.17, 15) is 14.9 Å². The molecule has 110 valence electrons. The summed E-state index contributed by atoms with van der Waals surface area (Å²) in [4.78, 5) is 21.8. The van der Waals surface area contributed by atoms with E-state index in [1.165, 1.54) is 17.8 Å². The van der Waals surface area contributed by atoms with Crippen molar-refractivity contribution in [2.45, 2.75) is 19.6 Å². The van der Waals surface area contributed by atoms with Crippen molar-refractivity contribution in [2.24, 2.45) is 0 Å². The van der Waals surface area contributed by atoms with Gasteiger partial charge in [0.15, 0.2) is 0 Å². The molecule has 0 aromatic heterocycles. The van der Waals surface area contributed by atoms with Gasteiger partial charge in [0.2, 0.25) is 0 Å². The van der Waals surface area contributed by atoms with Gasteiger partial charge >= 0.3 is 5.97 Å². The second kappa shape index (κ2) is 8.42. The van der Waals surface area contributed by atoms with Crippen LogP contribution in [0.3, 0.4) is 0 Å². The van der Waals surface area contributed by atoms with E-state index in [1.54, 1.807) is 13.0 Å². The highest BCUT2D eigenvalue weighted by Gasteiger charge is 2.16. The van der Waals surface area contributed by atoms with Crippen LogP contribution in [0.25, 0.3) is 0 Å². The zero-order chi connectivity index (χ0) is 15.0. The number of nitro groups is 1. The minimum Gasteiger partial charge on any atom is -0.465 e. The molecule has 1 aromatic carbocycles. The molecule has 20 heavy (non-hydrogen) atoms. The Bertz CT molecular complexity index is 479. The van der Waals surface area contributed by atoms with Gasteiger partial charge in [-0.25, -0.2) is 0 Å². The van der Waals surface area contributed by atoms with E-state index in [2.05, 4.69) is 5.32 Å². The standard InChI is InChI=1S/C13H18N2O4S/c1-3-14-13-10(6-5-7-11(13)15(17)18)8-20-9-12(16)19-4-2/h5-7,14H,3-4,8-9H2,1-2H3. The van der Waals surface area contributed by atoms with Crippen LogP contribution in [0.2, 0.25) is 0 Å². The van der Waals surface area contributed by atoms with E-state index in [1.807, 2.05) is 13.0 Å². The number of anilines is 1. The molecule has 0 fully saturated rings. The largest absolute Gasteiger partial charge is 0.465 e. The van der Waals surface area contributed by atoms with Gasteiger partial charge in [-0.15, -0.1) is 11.8 Å². The number of rotatable bonds is 8. The average Bonchev–Trinajstić information content (AvgIpc) is 2.40. The Balaban J connectivity index is 2.76. The zero-order valence-corrected chi connectivity index (χ0v) is 12.4. The Morgan fingerprint density at radius 1 is 1.45 bits per heavy atom. The van der Waals surface area contributed by atoms with Gasteiger partial charge < -0.3 is 10.1 Å².